The van der Waals surface area contributed by atoms with E-state index in [4.69, 9.17) is 0 Å². The minimum atomic E-state index is -0.221. The highest BCUT2D eigenvalue weighted by atomic mass is 32.1. The number of nitrogens with one attached hydrogen (secondary N) is 1. The van der Waals surface area contributed by atoms with Crippen molar-refractivity contribution in [2.75, 3.05) is 6.54 Å². The Morgan fingerprint density at radius 2 is 2.43 bits per heavy atom. The highest BCUT2D eigenvalue weighted by Crippen LogP contribution is 2.07. The van der Waals surface area contributed by atoms with Crippen molar-refractivity contribution in [1.29, 1.82) is 0 Å². The van der Waals surface area contributed by atoms with Crippen molar-refractivity contribution in [1.82, 2.24) is 10.3 Å². The number of thiazole rings is 1. The number of aromatic nitrogens is 1. The molecule has 0 fully saturated rings. The van der Waals surface area contributed by atoms with Gasteiger partial charge >= 0.3 is 0 Å². The smallest absolute Gasteiger partial charge is 0.107 e. The molecule has 0 saturated carbocycles. The normalized spacial score (nSPS) is 13.1. The van der Waals surface area contributed by atoms with Gasteiger partial charge in [-0.05, 0) is 13.3 Å². The second-order valence-electron chi connectivity index (χ2n) is 3.46. The molecule has 3 nitrogen and oxygen atoms in total. The number of aryl methyl sites for hydroxylation is 1. The molecule has 2 N–H and O–H groups in total. The molecule has 80 valence electrons. The van der Waals surface area contributed by atoms with E-state index in [1.54, 1.807) is 11.3 Å². The number of aliphatic hydroxyl groups excluding tert-OH is 1. The molecule has 1 heterocycles. The fraction of sp³-hybridized carbons (Fsp3) is 0.700. The second-order valence-corrected chi connectivity index (χ2v) is 4.40. The van der Waals surface area contributed by atoms with E-state index in [1.165, 1.54) is 0 Å². The summed E-state index contributed by atoms with van der Waals surface area (Å²) >= 11 is 1.66. The van der Waals surface area contributed by atoms with Crippen LogP contribution in [-0.4, -0.2) is 22.7 Å². The summed E-state index contributed by atoms with van der Waals surface area (Å²) < 4.78 is 0. The van der Waals surface area contributed by atoms with E-state index in [0.717, 1.165) is 30.1 Å². The second kappa shape index (κ2) is 6.11. The summed E-state index contributed by atoms with van der Waals surface area (Å²) in [5.41, 5.74) is 1.07. The van der Waals surface area contributed by atoms with Crippen molar-refractivity contribution >= 4 is 11.3 Å². The van der Waals surface area contributed by atoms with E-state index in [1.807, 2.05) is 12.3 Å². The molecule has 0 saturated heterocycles. The Kier molecular flexibility index (Phi) is 5.07. The van der Waals surface area contributed by atoms with E-state index in [-0.39, 0.29) is 6.10 Å². The maximum Gasteiger partial charge on any atom is 0.107 e. The molecule has 0 aromatic carbocycles. The van der Waals surface area contributed by atoms with Gasteiger partial charge in [-0.1, -0.05) is 13.3 Å². The summed E-state index contributed by atoms with van der Waals surface area (Å²) in [5.74, 6) is 0. The van der Waals surface area contributed by atoms with Gasteiger partial charge < -0.3 is 10.4 Å². The summed E-state index contributed by atoms with van der Waals surface area (Å²) in [4.78, 5) is 4.33. The fourth-order valence-electron chi connectivity index (χ4n) is 1.26. The van der Waals surface area contributed by atoms with Gasteiger partial charge in [0.1, 0.15) is 5.01 Å². The van der Waals surface area contributed by atoms with Gasteiger partial charge in [-0.2, -0.15) is 0 Å². The van der Waals surface area contributed by atoms with Crippen molar-refractivity contribution in [3.05, 3.63) is 16.1 Å². The molecule has 1 rings (SSSR count). The lowest BCUT2D eigenvalue weighted by Crippen LogP contribution is -2.26. The molecular formula is C10H18N2OS. The zero-order valence-electron chi connectivity index (χ0n) is 8.79. The third-order valence-corrected chi connectivity index (χ3v) is 2.91. The van der Waals surface area contributed by atoms with Crippen LogP contribution in [0.15, 0.2) is 5.38 Å². The predicted molar refractivity (Wildman–Crippen MR) is 59.5 cm³/mol. The fourth-order valence-corrected chi connectivity index (χ4v) is 2.01. The summed E-state index contributed by atoms with van der Waals surface area (Å²) in [6.45, 7) is 5.49. The van der Waals surface area contributed by atoms with Crippen molar-refractivity contribution < 1.29 is 5.11 Å². The van der Waals surface area contributed by atoms with Crippen molar-refractivity contribution in [2.45, 2.75) is 39.3 Å². The molecule has 1 atom stereocenters. The standard InChI is InChI=1S/C10H18N2OS/c1-3-4-9(13)5-11-6-10-12-8(2)7-14-10/h7,9,11,13H,3-6H2,1-2H3. The van der Waals surface area contributed by atoms with Crippen LogP contribution in [0.2, 0.25) is 0 Å². The highest BCUT2D eigenvalue weighted by Gasteiger charge is 2.02. The molecule has 0 aliphatic carbocycles. The van der Waals surface area contributed by atoms with Crippen LogP contribution in [0.25, 0.3) is 0 Å². The van der Waals surface area contributed by atoms with Gasteiger partial charge in [0.25, 0.3) is 0 Å². The lowest BCUT2D eigenvalue weighted by Gasteiger charge is -2.09. The van der Waals surface area contributed by atoms with E-state index < -0.39 is 0 Å². The summed E-state index contributed by atoms with van der Waals surface area (Å²) in [6, 6.07) is 0. The number of hydrogen-bond donors (Lipinski definition) is 2. The average Bonchev–Trinajstić information content (AvgIpc) is 2.52. The van der Waals surface area contributed by atoms with Gasteiger partial charge in [-0.3, -0.25) is 0 Å². The molecule has 1 aromatic heterocycles. The minimum Gasteiger partial charge on any atom is -0.392 e. The largest absolute Gasteiger partial charge is 0.392 e. The maximum absolute atomic E-state index is 9.45. The van der Waals surface area contributed by atoms with Gasteiger partial charge in [0, 0.05) is 24.2 Å². The SMILES string of the molecule is CCCC(O)CNCc1nc(C)cs1. The van der Waals surface area contributed by atoms with Crippen LogP contribution in [0.1, 0.15) is 30.5 Å². The van der Waals surface area contributed by atoms with Crippen LogP contribution in [0, 0.1) is 6.92 Å². The molecule has 1 aromatic rings. The number of hydrogen-bond acceptors (Lipinski definition) is 4. The van der Waals surface area contributed by atoms with Gasteiger partial charge in [0.05, 0.1) is 6.10 Å². The topological polar surface area (TPSA) is 45.1 Å². The van der Waals surface area contributed by atoms with Crippen molar-refractivity contribution in [3.8, 4) is 0 Å². The third-order valence-electron chi connectivity index (χ3n) is 1.94. The molecule has 14 heavy (non-hydrogen) atoms. The first-order valence-corrected chi connectivity index (χ1v) is 5.90. The molecule has 4 heteroatoms. The quantitative estimate of drug-likeness (QED) is 0.757. The predicted octanol–water partition coefficient (Wildman–Crippen LogP) is 1.70. The number of rotatable bonds is 6. The van der Waals surface area contributed by atoms with Crippen LogP contribution in [0.4, 0.5) is 0 Å². The highest BCUT2D eigenvalue weighted by molar-refractivity contribution is 7.09. The monoisotopic (exact) mass is 214 g/mol. The van der Waals surface area contributed by atoms with E-state index >= 15 is 0 Å². The molecule has 1 unspecified atom stereocenters. The first-order valence-electron chi connectivity index (χ1n) is 5.02. The first kappa shape index (κ1) is 11.6. The van der Waals surface area contributed by atoms with Crippen LogP contribution in [0.5, 0.6) is 0 Å². The van der Waals surface area contributed by atoms with Gasteiger partial charge in [-0.25, -0.2) is 4.98 Å². The van der Waals surface area contributed by atoms with Crippen LogP contribution < -0.4 is 5.32 Å². The lowest BCUT2D eigenvalue weighted by atomic mass is 10.2. The summed E-state index contributed by atoms with van der Waals surface area (Å²) in [6.07, 6.45) is 1.67. The van der Waals surface area contributed by atoms with Crippen LogP contribution >= 0.6 is 11.3 Å². The molecule has 0 radical (unpaired) electrons. The lowest BCUT2D eigenvalue weighted by molar-refractivity contribution is 0.160. The van der Waals surface area contributed by atoms with Gasteiger partial charge in [0.2, 0.25) is 0 Å². The molecule has 0 spiro atoms. The summed E-state index contributed by atoms with van der Waals surface area (Å²) in [7, 11) is 0. The zero-order chi connectivity index (χ0) is 10.4. The third kappa shape index (κ3) is 4.17. The van der Waals surface area contributed by atoms with E-state index in [0.29, 0.717) is 6.54 Å². The van der Waals surface area contributed by atoms with Crippen molar-refractivity contribution in [3.63, 3.8) is 0 Å². The Morgan fingerprint density at radius 1 is 1.64 bits per heavy atom. The van der Waals surface area contributed by atoms with Gasteiger partial charge in [-0.15, -0.1) is 11.3 Å². The molecule has 0 aliphatic rings. The maximum atomic E-state index is 9.45. The Morgan fingerprint density at radius 3 is 3.00 bits per heavy atom. The molecule has 0 amide bonds. The van der Waals surface area contributed by atoms with Crippen LogP contribution in [-0.2, 0) is 6.54 Å². The molecule has 0 bridgehead atoms. The number of nitrogens with zero attached hydrogens (tertiary/aromatic N) is 1. The van der Waals surface area contributed by atoms with Gasteiger partial charge in [0.15, 0.2) is 0 Å². The Balaban J connectivity index is 2.15. The first-order chi connectivity index (χ1) is 6.72. The van der Waals surface area contributed by atoms with E-state index in [2.05, 4.69) is 17.2 Å². The Bertz CT molecular complexity index is 262. The minimum absolute atomic E-state index is 0.221. The average molecular weight is 214 g/mol. The summed E-state index contributed by atoms with van der Waals surface area (Å²) in [5, 5.41) is 15.8. The van der Waals surface area contributed by atoms with Crippen LogP contribution in [0.3, 0.4) is 0 Å². The Hall–Kier alpha value is -0.450. The van der Waals surface area contributed by atoms with E-state index in [9.17, 15) is 5.11 Å². The number of aliphatic hydroxyl groups is 1. The zero-order valence-corrected chi connectivity index (χ0v) is 9.60. The van der Waals surface area contributed by atoms with Crippen molar-refractivity contribution in [2.24, 2.45) is 0 Å². The Labute approximate surface area is 89.2 Å². The molecule has 0 aliphatic heterocycles. The molecular weight excluding hydrogens is 196 g/mol.